The van der Waals surface area contributed by atoms with Gasteiger partial charge in [0.25, 0.3) is 0 Å². The fourth-order valence-corrected chi connectivity index (χ4v) is 5.33. The van der Waals surface area contributed by atoms with Gasteiger partial charge in [0, 0.05) is 19.3 Å². The van der Waals surface area contributed by atoms with E-state index >= 15 is 0 Å². The molecule has 0 spiro atoms. The zero-order chi connectivity index (χ0) is 43.0. The first-order valence-electron chi connectivity index (χ1n) is 22.5. The van der Waals surface area contributed by atoms with Gasteiger partial charge in [-0.15, -0.1) is 0 Å². The number of unbranched alkanes of at least 4 members (excludes halogenated alkanes) is 12. The van der Waals surface area contributed by atoms with E-state index in [1.165, 1.54) is 38.5 Å². The maximum Gasteiger partial charge on any atom is 0.306 e. The summed E-state index contributed by atoms with van der Waals surface area (Å²) >= 11 is 0. The van der Waals surface area contributed by atoms with Gasteiger partial charge >= 0.3 is 17.9 Å². The number of ether oxygens (including phenoxy) is 3. The number of rotatable bonds is 37. The molecule has 0 rings (SSSR count). The zero-order valence-electron chi connectivity index (χ0n) is 36.9. The summed E-state index contributed by atoms with van der Waals surface area (Å²) in [5.74, 6) is -1.07. The normalized spacial score (nSPS) is 13.5. The predicted molar refractivity (Wildman–Crippen MR) is 251 cm³/mol. The second kappa shape index (κ2) is 46.0. The number of carbonyl (C=O) groups excluding carboxylic acids is 3. The van der Waals surface area contributed by atoms with E-state index in [-0.39, 0.29) is 38.0 Å². The summed E-state index contributed by atoms with van der Waals surface area (Å²) in [7, 11) is 0. The van der Waals surface area contributed by atoms with Gasteiger partial charge < -0.3 is 14.2 Å². The Bertz CT molecular complexity index is 1390. The molecule has 0 aliphatic carbocycles. The third-order valence-electron chi connectivity index (χ3n) is 8.66. The number of esters is 3. The van der Waals surface area contributed by atoms with Crippen molar-refractivity contribution in [1.29, 1.82) is 0 Å². The molecule has 0 bridgehead atoms. The molecule has 0 aliphatic rings. The molecule has 0 heterocycles. The van der Waals surface area contributed by atoms with Crippen LogP contribution in [0.5, 0.6) is 0 Å². The van der Waals surface area contributed by atoms with Gasteiger partial charge in [0.1, 0.15) is 13.2 Å². The van der Waals surface area contributed by atoms with Crippen LogP contribution in [0.15, 0.2) is 146 Å². The standard InChI is InChI=1S/C53H78O6/c1-4-7-10-13-16-19-21-23-24-25-26-27-28-30-31-34-37-40-43-46-52(55)58-49-50(48-57-51(54)45-42-39-36-33-18-15-12-9-6-3)59-53(56)47-44-41-38-35-32-29-22-20-17-14-11-8-5-2/h7-8,10-11,13-14,16-17,19-32,35,38,50H,4-6,9,12,15,18,33-34,36-37,39-49H2,1-3H3/b10-7-,11-8-,16-13-,17-14-,21-19-,22-20-,24-23-,26-25+,28-27-,31-30-,32-29-,38-35-. The summed E-state index contributed by atoms with van der Waals surface area (Å²) in [6.07, 6.45) is 65.5. The number of allylic oxidation sites excluding steroid dienone is 24. The van der Waals surface area contributed by atoms with Crippen LogP contribution in [-0.4, -0.2) is 37.2 Å². The van der Waals surface area contributed by atoms with E-state index in [0.717, 1.165) is 51.4 Å². The summed E-state index contributed by atoms with van der Waals surface area (Å²) in [6.45, 7) is 6.17. The van der Waals surface area contributed by atoms with Crippen LogP contribution >= 0.6 is 0 Å². The number of carbonyl (C=O) groups is 3. The van der Waals surface area contributed by atoms with Gasteiger partial charge in [0.15, 0.2) is 6.10 Å². The van der Waals surface area contributed by atoms with E-state index in [1.807, 2.05) is 128 Å². The van der Waals surface area contributed by atoms with E-state index in [2.05, 4.69) is 39.0 Å². The van der Waals surface area contributed by atoms with Crippen LogP contribution in [0.2, 0.25) is 0 Å². The van der Waals surface area contributed by atoms with E-state index in [0.29, 0.717) is 25.7 Å². The van der Waals surface area contributed by atoms with Crippen molar-refractivity contribution in [2.24, 2.45) is 0 Å². The first-order chi connectivity index (χ1) is 29.0. The molecule has 6 heteroatoms. The minimum absolute atomic E-state index is 0.128. The molecule has 1 atom stereocenters. The van der Waals surface area contributed by atoms with Crippen LogP contribution in [0.1, 0.15) is 149 Å². The molecular weight excluding hydrogens is 733 g/mol. The molecule has 6 nitrogen and oxygen atoms in total. The van der Waals surface area contributed by atoms with Gasteiger partial charge in [-0.2, -0.15) is 0 Å². The lowest BCUT2D eigenvalue weighted by atomic mass is 10.1. The van der Waals surface area contributed by atoms with Gasteiger partial charge in [-0.05, 0) is 51.4 Å². The summed E-state index contributed by atoms with van der Waals surface area (Å²) in [5.41, 5.74) is 0. The van der Waals surface area contributed by atoms with Gasteiger partial charge in [-0.1, -0.05) is 224 Å². The minimum Gasteiger partial charge on any atom is -0.462 e. The lowest BCUT2D eigenvalue weighted by Crippen LogP contribution is -2.30. The topological polar surface area (TPSA) is 78.9 Å². The SMILES string of the molecule is CC\C=C/C=C\C=C/C=C\C=C/CCCC(=O)OC(COC(=O)CCCCC\C=C/C=C\C=C\C=C/C=C\C=C/C=C\CC)COC(=O)CCCCCCCCCCC. The Balaban J connectivity index is 4.60. The Labute approximate surface area is 359 Å². The summed E-state index contributed by atoms with van der Waals surface area (Å²) in [6, 6.07) is 0. The van der Waals surface area contributed by atoms with Crippen LogP contribution in [0.4, 0.5) is 0 Å². The smallest absolute Gasteiger partial charge is 0.306 e. The highest BCUT2D eigenvalue weighted by Crippen LogP contribution is 2.12. The molecular formula is C53H78O6. The summed E-state index contributed by atoms with van der Waals surface area (Å²) in [4.78, 5) is 37.7. The molecule has 0 aromatic carbocycles. The average molecular weight is 811 g/mol. The minimum atomic E-state index is -0.836. The molecule has 0 fully saturated rings. The van der Waals surface area contributed by atoms with Crippen molar-refractivity contribution in [3.8, 4) is 0 Å². The Kier molecular flexibility index (Phi) is 42.3. The van der Waals surface area contributed by atoms with Gasteiger partial charge in [-0.3, -0.25) is 14.4 Å². The quantitative estimate of drug-likeness (QED) is 0.0269. The second-order valence-electron chi connectivity index (χ2n) is 14.2. The third-order valence-corrected chi connectivity index (χ3v) is 8.66. The first-order valence-corrected chi connectivity index (χ1v) is 22.5. The lowest BCUT2D eigenvalue weighted by molar-refractivity contribution is -0.167. The molecule has 0 radical (unpaired) electrons. The molecule has 1 unspecified atom stereocenters. The maximum atomic E-state index is 12.7. The highest BCUT2D eigenvalue weighted by atomic mass is 16.6. The van der Waals surface area contributed by atoms with E-state index in [1.54, 1.807) is 0 Å². The molecule has 0 saturated carbocycles. The lowest BCUT2D eigenvalue weighted by Gasteiger charge is -2.18. The maximum absolute atomic E-state index is 12.7. The molecule has 0 saturated heterocycles. The van der Waals surface area contributed by atoms with E-state index in [4.69, 9.17) is 14.2 Å². The monoisotopic (exact) mass is 811 g/mol. The molecule has 0 aromatic rings. The predicted octanol–water partition coefficient (Wildman–Crippen LogP) is 14.5. The second-order valence-corrected chi connectivity index (χ2v) is 14.2. The van der Waals surface area contributed by atoms with Crippen molar-refractivity contribution in [3.05, 3.63) is 146 Å². The van der Waals surface area contributed by atoms with Crippen LogP contribution in [0.3, 0.4) is 0 Å². The Hall–Kier alpha value is -4.71. The van der Waals surface area contributed by atoms with E-state index in [9.17, 15) is 14.4 Å². The van der Waals surface area contributed by atoms with Crippen LogP contribution in [-0.2, 0) is 28.6 Å². The fourth-order valence-electron chi connectivity index (χ4n) is 5.33. The van der Waals surface area contributed by atoms with Gasteiger partial charge in [-0.25, -0.2) is 0 Å². The van der Waals surface area contributed by atoms with Crippen LogP contribution in [0, 0.1) is 0 Å². The van der Waals surface area contributed by atoms with Crippen LogP contribution in [0.25, 0.3) is 0 Å². The number of hydrogen-bond acceptors (Lipinski definition) is 6. The van der Waals surface area contributed by atoms with E-state index < -0.39 is 12.1 Å². The molecule has 0 amide bonds. The van der Waals surface area contributed by atoms with Gasteiger partial charge in [0.2, 0.25) is 0 Å². The van der Waals surface area contributed by atoms with Crippen molar-refractivity contribution in [3.63, 3.8) is 0 Å². The van der Waals surface area contributed by atoms with Crippen molar-refractivity contribution >= 4 is 17.9 Å². The van der Waals surface area contributed by atoms with Crippen molar-refractivity contribution < 1.29 is 28.6 Å². The average Bonchev–Trinajstić information content (AvgIpc) is 3.23. The zero-order valence-corrected chi connectivity index (χ0v) is 36.9. The molecule has 0 aromatic heterocycles. The fraction of sp³-hybridized carbons (Fsp3) is 0.491. The third kappa shape index (κ3) is 44.2. The molecule has 0 aliphatic heterocycles. The van der Waals surface area contributed by atoms with Crippen molar-refractivity contribution in [2.45, 2.75) is 155 Å². The number of hydrogen-bond donors (Lipinski definition) is 0. The summed E-state index contributed by atoms with van der Waals surface area (Å²) < 4.78 is 16.6. The van der Waals surface area contributed by atoms with Crippen molar-refractivity contribution in [1.82, 2.24) is 0 Å². The van der Waals surface area contributed by atoms with Gasteiger partial charge in [0.05, 0.1) is 0 Å². The first kappa shape index (κ1) is 54.3. The molecule has 0 N–H and O–H groups in total. The van der Waals surface area contributed by atoms with Crippen molar-refractivity contribution in [2.75, 3.05) is 13.2 Å². The largest absolute Gasteiger partial charge is 0.462 e. The Morgan fingerprint density at radius 2 is 0.678 bits per heavy atom. The molecule has 326 valence electrons. The Morgan fingerprint density at radius 1 is 0.356 bits per heavy atom. The van der Waals surface area contributed by atoms with Crippen LogP contribution < -0.4 is 0 Å². The summed E-state index contributed by atoms with van der Waals surface area (Å²) in [5, 5.41) is 0. The highest BCUT2D eigenvalue weighted by molar-refractivity contribution is 5.71. The Morgan fingerprint density at radius 3 is 1.08 bits per heavy atom. The molecule has 59 heavy (non-hydrogen) atoms. The highest BCUT2D eigenvalue weighted by Gasteiger charge is 2.19.